The average molecular weight is 186 g/mol. The molecule has 76 valence electrons. The molecule has 4 N–H and O–H groups in total. The van der Waals surface area contributed by atoms with E-state index in [1.54, 1.807) is 0 Å². The van der Waals surface area contributed by atoms with Gasteiger partial charge in [0.1, 0.15) is 0 Å². The fourth-order valence-corrected chi connectivity index (χ4v) is 1.87. The minimum atomic E-state index is -0.456. The molecular formula is C9H18N2O2. The summed E-state index contributed by atoms with van der Waals surface area (Å²) in [7, 11) is 0. The smallest absolute Gasteiger partial charge is 0.219 e. The van der Waals surface area contributed by atoms with E-state index in [0.29, 0.717) is 6.61 Å². The van der Waals surface area contributed by atoms with E-state index in [2.05, 4.69) is 0 Å². The van der Waals surface area contributed by atoms with Crippen LogP contribution in [0.3, 0.4) is 0 Å². The third-order valence-electron chi connectivity index (χ3n) is 2.90. The molecule has 1 rings (SSSR count). The van der Waals surface area contributed by atoms with Gasteiger partial charge in [-0.15, -0.1) is 0 Å². The van der Waals surface area contributed by atoms with Gasteiger partial charge in [-0.3, -0.25) is 4.79 Å². The van der Waals surface area contributed by atoms with Crippen molar-refractivity contribution in [1.29, 1.82) is 0 Å². The fourth-order valence-electron chi connectivity index (χ4n) is 1.87. The third kappa shape index (κ3) is 2.42. The van der Waals surface area contributed by atoms with Crippen LogP contribution in [0, 0.1) is 5.92 Å². The van der Waals surface area contributed by atoms with E-state index >= 15 is 0 Å². The Bertz CT molecular complexity index is 190. The molecule has 0 aromatic heterocycles. The second-order valence-corrected chi connectivity index (χ2v) is 3.79. The van der Waals surface area contributed by atoms with Gasteiger partial charge in [-0.05, 0) is 12.8 Å². The largest absolute Gasteiger partial charge is 0.381 e. The highest BCUT2D eigenvalue weighted by Gasteiger charge is 2.36. The summed E-state index contributed by atoms with van der Waals surface area (Å²) < 4.78 is 5.25. The van der Waals surface area contributed by atoms with Gasteiger partial charge in [0.15, 0.2) is 0 Å². The lowest BCUT2D eigenvalue weighted by Gasteiger charge is -2.32. The first kappa shape index (κ1) is 10.5. The zero-order valence-corrected chi connectivity index (χ0v) is 8.08. The summed E-state index contributed by atoms with van der Waals surface area (Å²) >= 11 is 0. The van der Waals surface area contributed by atoms with Crippen LogP contribution in [0.25, 0.3) is 0 Å². The summed E-state index contributed by atoms with van der Waals surface area (Å²) in [5.74, 6) is -0.0405. The summed E-state index contributed by atoms with van der Waals surface area (Å²) in [5.41, 5.74) is 10.8. The standard InChI is InChI=1S/C9H18N2O2/c1-2-9(11,5-8(10)12)7-3-4-13-6-7/h7H,2-6,11H2,1H3,(H2,10,12). The maximum Gasteiger partial charge on any atom is 0.219 e. The number of ether oxygens (including phenoxy) is 1. The Morgan fingerprint density at radius 2 is 2.38 bits per heavy atom. The van der Waals surface area contributed by atoms with Gasteiger partial charge < -0.3 is 16.2 Å². The van der Waals surface area contributed by atoms with Gasteiger partial charge in [-0.2, -0.15) is 0 Å². The lowest BCUT2D eigenvalue weighted by molar-refractivity contribution is -0.119. The van der Waals surface area contributed by atoms with Gasteiger partial charge in [0.25, 0.3) is 0 Å². The summed E-state index contributed by atoms with van der Waals surface area (Å²) in [4.78, 5) is 10.8. The van der Waals surface area contributed by atoms with Gasteiger partial charge in [0, 0.05) is 24.5 Å². The number of amides is 1. The molecule has 0 aliphatic carbocycles. The maximum atomic E-state index is 10.8. The number of carbonyl (C=O) groups excluding carboxylic acids is 1. The van der Waals surface area contributed by atoms with E-state index in [1.165, 1.54) is 0 Å². The summed E-state index contributed by atoms with van der Waals surface area (Å²) in [6.45, 7) is 3.40. The van der Waals surface area contributed by atoms with Crippen LogP contribution in [0.5, 0.6) is 0 Å². The molecule has 13 heavy (non-hydrogen) atoms. The molecule has 1 aliphatic rings. The predicted octanol–water partition coefficient (Wildman–Crippen LogP) is 0.00580. The molecule has 0 aromatic carbocycles. The molecule has 0 saturated carbocycles. The van der Waals surface area contributed by atoms with Crippen LogP contribution < -0.4 is 11.5 Å². The van der Waals surface area contributed by atoms with Crippen molar-refractivity contribution in [3.05, 3.63) is 0 Å². The van der Waals surface area contributed by atoms with E-state index in [9.17, 15) is 4.79 Å². The lowest BCUT2D eigenvalue weighted by atomic mass is 9.79. The Morgan fingerprint density at radius 3 is 2.77 bits per heavy atom. The Hall–Kier alpha value is -0.610. The van der Waals surface area contributed by atoms with Crippen LogP contribution in [-0.4, -0.2) is 24.7 Å². The Morgan fingerprint density at radius 1 is 1.69 bits per heavy atom. The molecule has 0 radical (unpaired) electrons. The van der Waals surface area contributed by atoms with E-state index in [1.807, 2.05) is 6.92 Å². The van der Waals surface area contributed by atoms with Crippen molar-refractivity contribution in [2.45, 2.75) is 31.7 Å². The van der Waals surface area contributed by atoms with Crippen molar-refractivity contribution >= 4 is 5.91 Å². The molecule has 2 atom stereocenters. The molecule has 0 spiro atoms. The molecule has 1 fully saturated rings. The van der Waals surface area contributed by atoms with Crippen molar-refractivity contribution in [3.8, 4) is 0 Å². The van der Waals surface area contributed by atoms with Gasteiger partial charge in [-0.1, -0.05) is 6.92 Å². The molecule has 1 aliphatic heterocycles. The van der Waals surface area contributed by atoms with Crippen molar-refractivity contribution in [1.82, 2.24) is 0 Å². The normalized spacial score (nSPS) is 27.1. The van der Waals surface area contributed by atoms with Crippen LogP contribution in [0.15, 0.2) is 0 Å². The quantitative estimate of drug-likeness (QED) is 0.649. The van der Waals surface area contributed by atoms with Crippen molar-refractivity contribution < 1.29 is 9.53 Å². The Balaban J connectivity index is 2.61. The minimum absolute atomic E-state index is 0.261. The van der Waals surface area contributed by atoms with Crippen LogP contribution in [0.2, 0.25) is 0 Å². The zero-order valence-electron chi connectivity index (χ0n) is 8.08. The van der Waals surface area contributed by atoms with Gasteiger partial charge in [0.2, 0.25) is 5.91 Å². The van der Waals surface area contributed by atoms with E-state index < -0.39 is 5.54 Å². The number of hydrogen-bond acceptors (Lipinski definition) is 3. The summed E-state index contributed by atoms with van der Waals surface area (Å²) in [5, 5.41) is 0. The highest BCUT2D eigenvalue weighted by Crippen LogP contribution is 2.29. The van der Waals surface area contributed by atoms with E-state index in [0.717, 1.165) is 19.4 Å². The number of nitrogens with two attached hydrogens (primary N) is 2. The molecule has 0 bridgehead atoms. The molecule has 4 nitrogen and oxygen atoms in total. The fraction of sp³-hybridized carbons (Fsp3) is 0.889. The molecule has 1 amide bonds. The number of rotatable bonds is 4. The van der Waals surface area contributed by atoms with Crippen LogP contribution in [0.4, 0.5) is 0 Å². The number of hydrogen-bond donors (Lipinski definition) is 2. The summed E-state index contributed by atoms with van der Waals surface area (Å²) in [6.07, 6.45) is 1.97. The minimum Gasteiger partial charge on any atom is -0.381 e. The first-order valence-corrected chi connectivity index (χ1v) is 4.73. The number of primary amides is 1. The van der Waals surface area contributed by atoms with Gasteiger partial charge in [-0.25, -0.2) is 0 Å². The molecule has 1 saturated heterocycles. The molecule has 1 heterocycles. The predicted molar refractivity (Wildman–Crippen MR) is 49.9 cm³/mol. The SMILES string of the molecule is CCC(N)(CC(N)=O)C1CCOC1. The van der Waals surface area contributed by atoms with E-state index in [4.69, 9.17) is 16.2 Å². The van der Waals surface area contributed by atoms with E-state index in [-0.39, 0.29) is 18.2 Å². The highest BCUT2D eigenvalue weighted by atomic mass is 16.5. The van der Waals surface area contributed by atoms with Crippen LogP contribution in [0.1, 0.15) is 26.2 Å². The first-order chi connectivity index (χ1) is 6.08. The Labute approximate surface area is 78.6 Å². The second kappa shape index (κ2) is 4.07. The van der Waals surface area contributed by atoms with Gasteiger partial charge >= 0.3 is 0 Å². The molecule has 0 aromatic rings. The third-order valence-corrected chi connectivity index (χ3v) is 2.90. The van der Waals surface area contributed by atoms with Crippen molar-refractivity contribution in [3.63, 3.8) is 0 Å². The Kier molecular flexibility index (Phi) is 3.27. The average Bonchev–Trinajstić information content (AvgIpc) is 2.55. The van der Waals surface area contributed by atoms with Crippen LogP contribution in [-0.2, 0) is 9.53 Å². The van der Waals surface area contributed by atoms with Gasteiger partial charge in [0.05, 0.1) is 6.61 Å². The summed E-state index contributed by atoms with van der Waals surface area (Å²) in [6, 6.07) is 0. The number of carbonyl (C=O) groups is 1. The van der Waals surface area contributed by atoms with Crippen LogP contribution >= 0.6 is 0 Å². The maximum absolute atomic E-state index is 10.8. The monoisotopic (exact) mass is 186 g/mol. The van der Waals surface area contributed by atoms with Crippen molar-refractivity contribution in [2.24, 2.45) is 17.4 Å². The first-order valence-electron chi connectivity index (χ1n) is 4.73. The lowest BCUT2D eigenvalue weighted by Crippen LogP contribution is -2.49. The highest BCUT2D eigenvalue weighted by molar-refractivity contribution is 5.75. The zero-order chi connectivity index (χ0) is 9.90. The molecule has 4 heteroatoms. The van der Waals surface area contributed by atoms with Crippen molar-refractivity contribution in [2.75, 3.05) is 13.2 Å². The molecule has 2 unspecified atom stereocenters. The second-order valence-electron chi connectivity index (χ2n) is 3.79. The topological polar surface area (TPSA) is 78.3 Å². The molecular weight excluding hydrogens is 168 g/mol.